The maximum Gasteiger partial charge on any atom is 0.202 e. The van der Waals surface area contributed by atoms with Crippen molar-refractivity contribution in [1.82, 2.24) is 15.2 Å². The molecule has 1 aliphatic rings. The quantitative estimate of drug-likeness (QED) is 0.607. The number of hydrogen-bond donors (Lipinski definition) is 1. The molecule has 0 aliphatic carbocycles. The molecular formula is C20H17N3O3. The van der Waals surface area contributed by atoms with Crippen molar-refractivity contribution in [2.75, 3.05) is 13.7 Å². The molecule has 1 unspecified atom stereocenters. The highest BCUT2D eigenvalue weighted by Gasteiger charge is 2.26. The summed E-state index contributed by atoms with van der Waals surface area (Å²) in [6, 6.07) is 11.9. The Morgan fingerprint density at radius 1 is 1.15 bits per heavy atom. The maximum absolute atomic E-state index is 6.06. The van der Waals surface area contributed by atoms with Crippen molar-refractivity contribution < 1.29 is 13.9 Å². The minimum atomic E-state index is 0.0828. The second-order valence-corrected chi connectivity index (χ2v) is 6.41. The largest absolute Gasteiger partial charge is 0.497 e. The van der Waals surface area contributed by atoms with Gasteiger partial charge in [-0.05, 0) is 47.9 Å². The summed E-state index contributed by atoms with van der Waals surface area (Å²) in [6.07, 6.45) is 4.46. The zero-order valence-electron chi connectivity index (χ0n) is 14.2. The third-order valence-electron chi connectivity index (χ3n) is 4.76. The lowest BCUT2D eigenvalue weighted by atomic mass is 9.96. The smallest absolute Gasteiger partial charge is 0.202 e. The third-order valence-corrected chi connectivity index (χ3v) is 4.76. The summed E-state index contributed by atoms with van der Waals surface area (Å²) >= 11 is 0. The van der Waals surface area contributed by atoms with Crippen molar-refractivity contribution in [3.05, 3.63) is 60.2 Å². The van der Waals surface area contributed by atoms with E-state index in [0.29, 0.717) is 12.5 Å². The molecule has 2 aromatic carbocycles. The van der Waals surface area contributed by atoms with Gasteiger partial charge in [0.25, 0.3) is 0 Å². The first kappa shape index (κ1) is 15.0. The summed E-state index contributed by atoms with van der Waals surface area (Å²) in [5.41, 5.74) is 4.80. The molecule has 26 heavy (non-hydrogen) atoms. The van der Waals surface area contributed by atoms with Gasteiger partial charge in [0.15, 0.2) is 5.58 Å². The van der Waals surface area contributed by atoms with Gasteiger partial charge in [-0.15, -0.1) is 0 Å². The molecule has 6 nitrogen and oxygen atoms in total. The molecule has 4 aromatic rings. The summed E-state index contributed by atoms with van der Waals surface area (Å²) in [6.45, 7) is 0.556. The van der Waals surface area contributed by atoms with E-state index in [4.69, 9.17) is 13.9 Å². The number of fused-ring (bicyclic) bond motifs is 2. The topological polar surface area (TPSA) is 73.2 Å². The molecule has 3 heterocycles. The van der Waals surface area contributed by atoms with Crippen molar-refractivity contribution in [3.63, 3.8) is 0 Å². The fourth-order valence-electron chi connectivity index (χ4n) is 3.36. The monoisotopic (exact) mass is 347 g/mol. The van der Waals surface area contributed by atoms with Crippen LogP contribution in [0.5, 0.6) is 11.5 Å². The molecule has 0 saturated carbocycles. The third kappa shape index (κ3) is 2.50. The number of nitrogens with one attached hydrogen (secondary N) is 1. The summed E-state index contributed by atoms with van der Waals surface area (Å²) in [7, 11) is 1.67. The van der Waals surface area contributed by atoms with Crippen molar-refractivity contribution in [2.45, 2.75) is 12.3 Å². The number of rotatable bonds is 3. The van der Waals surface area contributed by atoms with Crippen LogP contribution in [-0.2, 0) is 6.42 Å². The fraction of sp³-hybridized carbons (Fsp3) is 0.200. The molecule has 0 bridgehead atoms. The van der Waals surface area contributed by atoms with Gasteiger partial charge in [-0.3, -0.25) is 5.10 Å². The second kappa shape index (κ2) is 5.91. The number of aromatic nitrogens is 3. The molecule has 0 saturated heterocycles. The predicted octanol–water partition coefficient (Wildman–Crippen LogP) is 3.95. The van der Waals surface area contributed by atoms with Gasteiger partial charge in [0.05, 0.1) is 19.2 Å². The van der Waals surface area contributed by atoms with Gasteiger partial charge in [-0.2, -0.15) is 5.10 Å². The van der Waals surface area contributed by atoms with Gasteiger partial charge in [-0.25, -0.2) is 4.98 Å². The zero-order chi connectivity index (χ0) is 17.5. The van der Waals surface area contributed by atoms with E-state index in [-0.39, 0.29) is 5.92 Å². The minimum absolute atomic E-state index is 0.0828. The number of aromatic amines is 1. The van der Waals surface area contributed by atoms with E-state index in [2.05, 4.69) is 15.2 Å². The summed E-state index contributed by atoms with van der Waals surface area (Å²) < 4.78 is 17.3. The molecule has 0 spiro atoms. The Balaban J connectivity index is 1.47. The molecule has 0 fully saturated rings. The van der Waals surface area contributed by atoms with Gasteiger partial charge >= 0.3 is 0 Å². The molecular weight excluding hydrogens is 330 g/mol. The highest BCUT2D eigenvalue weighted by Crippen LogP contribution is 2.35. The van der Waals surface area contributed by atoms with Crippen LogP contribution in [0.3, 0.4) is 0 Å². The first-order valence-corrected chi connectivity index (χ1v) is 8.49. The maximum atomic E-state index is 6.06. The summed E-state index contributed by atoms with van der Waals surface area (Å²) in [5.74, 6) is 2.52. The summed E-state index contributed by atoms with van der Waals surface area (Å²) in [4.78, 5) is 4.67. The van der Waals surface area contributed by atoms with Gasteiger partial charge in [0.2, 0.25) is 5.89 Å². The van der Waals surface area contributed by atoms with Crippen LogP contribution in [0.4, 0.5) is 0 Å². The van der Waals surface area contributed by atoms with Crippen molar-refractivity contribution in [2.24, 2.45) is 0 Å². The van der Waals surface area contributed by atoms with E-state index in [1.54, 1.807) is 13.3 Å². The van der Waals surface area contributed by atoms with E-state index in [9.17, 15) is 0 Å². The molecule has 1 aliphatic heterocycles. The van der Waals surface area contributed by atoms with Gasteiger partial charge in [0, 0.05) is 11.8 Å². The number of methoxy groups -OCH3 is 1. The number of oxazole rings is 1. The molecule has 0 amide bonds. The molecule has 5 rings (SSSR count). The fourth-order valence-corrected chi connectivity index (χ4v) is 3.36. The molecule has 0 radical (unpaired) electrons. The van der Waals surface area contributed by atoms with Crippen LogP contribution >= 0.6 is 0 Å². The van der Waals surface area contributed by atoms with Crippen LogP contribution in [0.1, 0.15) is 17.4 Å². The summed E-state index contributed by atoms with van der Waals surface area (Å²) in [5, 5.41) is 6.82. The van der Waals surface area contributed by atoms with E-state index >= 15 is 0 Å². The second-order valence-electron chi connectivity index (χ2n) is 6.41. The molecule has 1 N–H and O–H groups in total. The lowest BCUT2D eigenvalue weighted by Crippen LogP contribution is -2.19. The Hall–Kier alpha value is -3.28. The Labute approximate surface area is 149 Å². The Morgan fingerprint density at radius 2 is 2.12 bits per heavy atom. The van der Waals surface area contributed by atoms with Gasteiger partial charge in [-0.1, -0.05) is 6.07 Å². The number of benzene rings is 2. The number of nitrogens with zero attached hydrogens (tertiary/aromatic N) is 2. The normalized spacial score (nSPS) is 16.3. The van der Waals surface area contributed by atoms with Crippen LogP contribution in [0, 0.1) is 0 Å². The van der Waals surface area contributed by atoms with Crippen LogP contribution in [0.15, 0.2) is 53.2 Å². The number of hydrogen-bond acceptors (Lipinski definition) is 5. The first-order valence-electron chi connectivity index (χ1n) is 8.49. The Morgan fingerprint density at radius 3 is 2.96 bits per heavy atom. The van der Waals surface area contributed by atoms with Crippen molar-refractivity contribution in [1.29, 1.82) is 0 Å². The van der Waals surface area contributed by atoms with Crippen molar-refractivity contribution >= 4 is 11.1 Å². The van der Waals surface area contributed by atoms with E-state index in [1.165, 1.54) is 0 Å². The Kier molecular flexibility index (Phi) is 3.41. The van der Waals surface area contributed by atoms with Gasteiger partial charge < -0.3 is 13.9 Å². The average Bonchev–Trinajstić information content (AvgIpc) is 3.36. The molecule has 1 atom stereocenters. The van der Waals surface area contributed by atoms with Crippen molar-refractivity contribution in [3.8, 4) is 22.6 Å². The number of H-pyrrole nitrogens is 1. The van der Waals surface area contributed by atoms with E-state index < -0.39 is 0 Å². The van der Waals surface area contributed by atoms with E-state index in [1.807, 2.05) is 42.6 Å². The number of ether oxygens (including phenoxy) is 2. The zero-order valence-corrected chi connectivity index (χ0v) is 14.2. The van der Waals surface area contributed by atoms with Crippen LogP contribution < -0.4 is 9.47 Å². The predicted molar refractivity (Wildman–Crippen MR) is 96.5 cm³/mol. The van der Waals surface area contributed by atoms with Crippen LogP contribution in [0.25, 0.3) is 22.2 Å². The molecule has 2 aromatic heterocycles. The highest BCUT2D eigenvalue weighted by atomic mass is 16.5. The average molecular weight is 347 g/mol. The highest BCUT2D eigenvalue weighted by molar-refractivity contribution is 5.80. The Bertz CT molecular complexity index is 1070. The standard InChI is InChI=1S/C20H17N3O3/c1-24-16-3-5-18-13(7-16)6-14(11-25-18)20-23-17-4-2-12(8-19(17)26-20)15-9-21-22-10-15/h2-5,7-10,14H,6,11H2,1H3,(H,21,22). The first-order chi connectivity index (χ1) is 12.8. The molecule has 130 valence electrons. The lowest BCUT2D eigenvalue weighted by molar-refractivity contribution is 0.243. The SMILES string of the molecule is COc1ccc2c(c1)CC(c1nc3ccc(-c4cn[nH]c4)cc3o1)CO2. The lowest BCUT2D eigenvalue weighted by Gasteiger charge is -2.23. The minimum Gasteiger partial charge on any atom is -0.497 e. The van der Waals surface area contributed by atoms with Crippen LogP contribution in [0.2, 0.25) is 0 Å². The molecule has 6 heteroatoms. The van der Waals surface area contributed by atoms with Crippen LogP contribution in [-0.4, -0.2) is 28.9 Å². The van der Waals surface area contributed by atoms with Gasteiger partial charge in [0.1, 0.15) is 23.6 Å². The van der Waals surface area contributed by atoms with E-state index in [0.717, 1.165) is 45.7 Å².